The van der Waals surface area contributed by atoms with E-state index in [1.54, 1.807) is 0 Å². The quantitative estimate of drug-likeness (QED) is 0.0755. The van der Waals surface area contributed by atoms with Crippen LogP contribution in [0.25, 0.3) is 0 Å². The first-order chi connectivity index (χ1) is 19.0. The summed E-state index contributed by atoms with van der Waals surface area (Å²) in [7, 11) is 0. The van der Waals surface area contributed by atoms with Crippen LogP contribution in [0.2, 0.25) is 0 Å². The zero-order chi connectivity index (χ0) is 30.9. The van der Waals surface area contributed by atoms with Crippen LogP contribution in [-0.4, -0.2) is 44.1 Å². The molecule has 0 heterocycles. The van der Waals surface area contributed by atoms with Gasteiger partial charge in [0.1, 0.15) is 0 Å². The largest absolute Gasteiger partial charge is 3.00 e. The first-order valence-corrected chi connectivity index (χ1v) is 16.6. The minimum atomic E-state index is -0.925. The van der Waals surface area contributed by atoms with Crippen molar-refractivity contribution in [2.24, 2.45) is 5.41 Å². The number of carboxylic acids is 3. The van der Waals surface area contributed by atoms with Crippen molar-refractivity contribution in [2.45, 2.75) is 195 Å². The van der Waals surface area contributed by atoms with Gasteiger partial charge in [0.2, 0.25) is 0 Å². The van der Waals surface area contributed by atoms with E-state index in [0.717, 1.165) is 44.9 Å². The molecule has 0 aliphatic heterocycles. The topological polar surface area (TPSA) is 120 Å². The van der Waals surface area contributed by atoms with Gasteiger partial charge in [-0.05, 0) is 50.4 Å². The van der Waals surface area contributed by atoms with Crippen molar-refractivity contribution < 1.29 is 29.7 Å². The summed E-state index contributed by atoms with van der Waals surface area (Å²) in [5, 5.41) is 30.2. The van der Waals surface area contributed by atoms with Gasteiger partial charge in [-0.3, -0.25) is 0 Å². The number of rotatable bonds is 25. The summed E-state index contributed by atoms with van der Waals surface area (Å²) in [4.78, 5) is 30.2. The van der Waals surface area contributed by atoms with Crippen molar-refractivity contribution in [2.75, 3.05) is 0 Å². The summed E-state index contributed by atoms with van der Waals surface area (Å²) in [5.74, 6) is -2.74. The second-order valence-electron chi connectivity index (χ2n) is 12.4. The van der Waals surface area contributed by atoms with Crippen LogP contribution in [0.15, 0.2) is 0 Å². The van der Waals surface area contributed by atoms with Crippen LogP contribution in [0.5, 0.6) is 0 Å². The maximum absolute atomic E-state index is 10.1. The maximum Gasteiger partial charge on any atom is 3.00 e. The van der Waals surface area contributed by atoms with Gasteiger partial charge in [-0.2, -0.15) is 0 Å². The fourth-order valence-corrected chi connectivity index (χ4v) is 4.26. The summed E-state index contributed by atoms with van der Waals surface area (Å²) in [6.07, 6.45) is 26.6. The first kappa shape index (κ1) is 47.2. The van der Waals surface area contributed by atoms with E-state index in [0.29, 0.717) is 5.41 Å². The molecule has 0 amide bonds. The van der Waals surface area contributed by atoms with Crippen LogP contribution >= 0.6 is 0 Å². The minimum Gasteiger partial charge on any atom is -0.550 e. The van der Waals surface area contributed by atoms with Crippen LogP contribution in [0, 0.1) is 5.41 Å². The maximum atomic E-state index is 10.1. The molecule has 0 N–H and O–H groups in total. The van der Waals surface area contributed by atoms with Crippen LogP contribution in [0.4, 0.5) is 0 Å². The molecule has 0 aromatic rings. The predicted molar refractivity (Wildman–Crippen MR) is 167 cm³/mol. The molecule has 0 spiro atoms. The Bertz CT molecular complexity index is 528. The van der Waals surface area contributed by atoms with Crippen LogP contribution in [-0.2, 0) is 14.4 Å². The molecule has 242 valence electrons. The zero-order valence-corrected chi connectivity index (χ0v) is 31.1. The first-order valence-electron chi connectivity index (χ1n) is 16.6. The number of hydrogen-bond acceptors (Lipinski definition) is 6. The van der Waals surface area contributed by atoms with Gasteiger partial charge in [0.05, 0.1) is 0 Å². The fraction of sp³-hybridized carbons (Fsp3) is 0.912. The summed E-state index contributed by atoms with van der Waals surface area (Å²) in [6.45, 7) is 11.0. The second kappa shape index (κ2) is 37.3. The molecule has 0 saturated carbocycles. The number of hydrogen-bond donors (Lipinski definition) is 0. The van der Waals surface area contributed by atoms with E-state index in [1.807, 2.05) is 0 Å². The molecule has 0 fully saturated rings. The molecule has 0 atom stereocenters. The number of carboxylic acid groups (broad SMARTS) is 3. The minimum absolute atomic E-state index is 0. The van der Waals surface area contributed by atoms with E-state index in [4.69, 9.17) is 0 Å². The number of aliphatic carboxylic acids is 3. The predicted octanol–water partition coefficient (Wildman–Crippen LogP) is 6.67. The Morgan fingerprint density at radius 2 is 0.634 bits per heavy atom. The van der Waals surface area contributed by atoms with E-state index in [2.05, 4.69) is 34.6 Å². The molecule has 41 heavy (non-hydrogen) atoms. The summed E-state index contributed by atoms with van der Waals surface area (Å²) in [5.41, 5.74) is 0.376. The smallest absolute Gasteiger partial charge is 0.550 e. The molecule has 0 unspecified atom stereocenters. The second-order valence-corrected chi connectivity index (χ2v) is 12.4. The van der Waals surface area contributed by atoms with Crippen molar-refractivity contribution >= 4 is 44.1 Å². The number of carbonyl (C=O) groups is 3. The molecule has 0 saturated heterocycles. The molecule has 7 heteroatoms. The Balaban J connectivity index is -0.000000248. The van der Waals surface area contributed by atoms with Gasteiger partial charge in [0, 0.05) is 17.9 Å². The monoisotopic (exact) mass is 778 g/mol. The van der Waals surface area contributed by atoms with Gasteiger partial charge in [-0.15, -0.1) is 0 Å². The number of unbranched alkanes of at least 4 members (excludes halogenated alkanes) is 18. The molecule has 0 aliphatic rings. The van der Waals surface area contributed by atoms with Gasteiger partial charge in [0.15, 0.2) is 0 Å². The summed E-state index contributed by atoms with van der Waals surface area (Å²) < 4.78 is 0. The van der Waals surface area contributed by atoms with E-state index in [1.165, 1.54) is 96.3 Å². The molecule has 0 bridgehead atoms. The van der Waals surface area contributed by atoms with Gasteiger partial charge >= 0.3 is 26.2 Å². The van der Waals surface area contributed by atoms with E-state index >= 15 is 0 Å². The molecule has 0 aromatic heterocycles. The van der Waals surface area contributed by atoms with Crippen molar-refractivity contribution in [3.63, 3.8) is 0 Å². The molecule has 2 radical (unpaired) electrons. The van der Waals surface area contributed by atoms with Gasteiger partial charge in [-0.1, -0.05) is 150 Å². The average Bonchev–Trinajstić information content (AvgIpc) is 2.86. The summed E-state index contributed by atoms with van der Waals surface area (Å²) in [6, 6.07) is 0. The molecular weight excluding hydrogens is 713 g/mol. The number of carbonyl (C=O) groups excluding carboxylic acids is 3. The zero-order valence-electron chi connectivity index (χ0n) is 27.6. The summed E-state index contributed by atoms with van der Waals surface area (Å²) >= 11 is 0. The Kier molecular flexibility index (Phi) is 43.0. The fourth-order valence-electron chi connectivity index (χ4n) is 4.26. The van der Waals surface area contributed by atoms with Crippen molar-refractivity contribution in [1.82, 2.24) is 0 Å². The van der Waals surface area contributed by atoms with Crippen LogP contribution in [0.3, 0.4) is 0 Å². The Morgan fingerprint density at radius 3 is 0.854 bits per heavy atom. The van der Waals surface area contributed by atoms with E-state index < -0.39 is 17.9 Å². The van der Waals surface area contributed by atoms with Gasteiger partial charge in [0.25, 0.3) is 0 Å². The third kappa shape index (κ3) is 59.6. The van der Waals surface area contributed by atoms with Crippen LogP contribution < -0.4 is 15.3 Å². The van der Waals surface area contributed by atoms with Gasteiger partial charge < -0.3 is 29.7 Å². The molecule has 0 aliphatic carbocycles. The Hall–Kier alpha value is -0.707. The Morgan fingerprint density at radius 1 is 0.415 bits per heavy atom. The normalized spacial score (nSPS) is 10.5. The van der Waals surface area contributed by atoms with Gasteiger partial charge in [-0.25, -0.2) is 0 Å². The average molecular weight is 779 g/mol. The van der Waals surface area contributed by atoms with Crippen molar-refractivity contribution in [3.8, 4) is 0 Å². The standard InChI is InChI=1S/2C12H24O2.C10H20O2.Bi/c2*1-2-3-4-5-6-7-8-9-10-11-12(13)14;1-10(2,3)8-6-4-5-7-9(11)12;/h2*2-11H2,1H3,(H,13,14);4-8H2,1-3H3,(H,11,12);/q;;;+3/p-3. The third-order valence-electron chi connectivity index (χ3n) is 6.78. The van der Waals surface area contributed by atoms with E-state index in [9.17, 15) is 29.7 Å². The third-order valence-corrected chi connectivity index (χ3v) is 6.78. The molecule has 0 aromatic carbocycles. The van der Waals surface area contributed by atoms with Crippen molar-refractivity contribution in [3.05, 3.63) is 0 Å². The molecule has 0 rings (SSSR count). The van der Waals surface area contributed by atoms with Crippen LogP contribution in [0.1, 0.15) is 195 Å². The van der Waals surface area contributed by atoms with E-state index in [-0.39, 0.29) is 45.5 Å². The van der Waals surface area contributed by atoms with Crippen molar-refractivity contribution in [1.29, 1.82) is 0 Å². The molecule has 6 nitrogen and oxygen atoms in total. The SMILES string of the molecule is CC(C)(C)CCCCCC(=O)[O-].CCCCCCCCCCCC(=O)[O-].CCCCCCCCCCCC(=O)[O-].[Bi+3]. The molecular formula is C34H65BiO6. The Labute approximate surface area is 273 Å².